The zero-order valence-electron chi connectivity index (χ0n) is 68.3. The molecule has 10 aliphatic carbocycles. The van der Waals surface area contributed by atoms with Crippen LogP contribution in [0.15, 0.2) is 23.3 Å². The van der Waals surface area contributed by atoms with Crippen LogP contribution in [0, 0.1) is 99.7 Å². The SMILES string of the molecule is CC(C)CCC[C@@H](C)[C@H]1CC[C@H]2[C@@H]3CC=C4C[C@@H](OCCNC(=O)CN(CC(=O)[O-])CC(=O)O)CC[C@]4(C)[C@H]3CC[C@]12C.O.O.O=C=O.[CH2-]N(CC(=O)[O-])CC(=O)NCCO[C@H]1CC[C@@]2(C)C(=CC[C@H]3[C@@H]4CC[C@H]([C@H](C)CCCC(C)C)[C@@]4(C)CC[C@@H]32)C1.[Li+].[Li+].[NH-][C@@H]1CCCC[C@H]1[NH-].[NH-][C@@H]1CCCC[C@H]1[NH-].[Pt+2].[Pt]. The number of hydrogen-bond donors (Lipinski definition) is 3. The third-order valence-electron chi connectivity index (χ3n) is 27.4. The summed E-state index contributed by atoms with van der Waals surface area (Å²) in [4.78, 5) is 75.1. The summed E-state index contributed by atoms with van der Waals surface area (Å²) in [6, 6.07) is -0.319. The molecule has 10 aliphatic rings. The van der Waals surface area contributed by atoms with E-state index in [0.29, 0.717) is 42.5 Å². The fourth-order valence-electron chi connectivity index (χ4n) is 22.0. The number of allylic oxidation sites excluding steroid dienone is 2. The van der Waals surface area contributed by atoms with Crippen LogP contribution in [0.2, 0.25) is 0 Å². The summed E-state index contributed by atoms with van der Waals surface area (Å²) in [5, 5.41) is 36.0. The first kappa shape index (κ1) is 106. The van der Waals surface area contributed by atoms with E-state index < -0.39 is 36.9 Å². The van der Waals surface area contributed by atoms with E-state index in [2.05, 4.69) is 99.1 Å². The van der Waals surface area contributed by atoms with E-state index >= 15 is 0 Å². The van der Waals surface area contributed by atoms with Crippen molar-refractivity contribution in [2.24, 2.45) is 92.7 Å². The van der Waals surface area contributed by atoms with E-state index in [9.17, 15) is 34.2 Å². The molecule has 0 aromatic carbocycles. The van der Waals surface area contributed by atoms with E-state index in [1.54, 1.807) is 11.1 Å². The summed E-state index contributed by atoms with van der Waals surface area (Å²) in [7, 11) is 3.56. The van der Waals surface area contributed by atoms with Crippen molar-refractivity contribution in [3.05, 3.63) is 53.3 Å². The van der Waals surface area contributed by atoms with Crippen LogP contribution in [0.3, 0.4) is 0 Å². The molecule has 0 heterocycles. The second-order valence-corrected chi connectivity index (χ2v) is 35.1. The van der Waals surface area contributed by atoms with Gasteiger partial charge in [-0.05, 0) is 195 Å². The maximum atomic E-state index is 12.2. The van der Waals surface area contributed by atoms with Crippen molar-refractivity contribution in [1.29, 1.82) is 0 Å². The smallest absolute Gasteiger partial charge is 0.676 e. The predicted molar refractivity (Wildman–Crippen MR) is 404 cm³/mol. The van der Waals surface area contributed by atoms with E-state index in [4.69, 9.17) is 47.1 Å². The van der Waals surface area contributed by atoms with Crippen LogP contribution in [0.25, 0.3) is 22.9 Å². The van der Waals surface area contributed by atoms with E-state index in [0.717, 1.165) is 134 Å². The molecule has 618 valence electrons. The minimum absolute atomic E-state index is 0. The van der Waals surface area contributed by atoms with Gasteiger partial charge in [-0.25, -0.2) is 0 Å². The molecule has 0 bridgehead atoms. The molecule has 108 heavy (non-hydrogen) atoms. The van der Waals surface area contributed by atoms with Gasteiger partial charge in [0.25, 0.3) is 0 Å². The van der Waals surface area contributed by atoms with E-state index in [1.165, 1.54) is 140 Å². The van der Waals surface area contributed by atoms with Crippen molar-refractivity contribution in [3.8, 4) is 0 Å². The molecule has 0 aliphatic heterocycles. The average Bonchev–Trinajstić information content (AvgIpc) is 1.47. The Morgan fingerprint density at radius 1 is 0.546 bits per heavy atom. The van der Waals surface area contributed by atoms with Gasteiger partial charge in [0.15, 0.2) is 0 Å². The van der Waals surface area contributed by atoms with Crippen molar-refractivity contribution >= 4 is 35.9 Å². The topological polar surface area (TPSA) is 393 Å². The van der Waals surface area contributed by atoms with Crippen molar-refractivity contribution in [1.82, 2.24) is 20.4 Å². The number of amides is 2. The van der Waals surface area contributed by atoms with Gasteiger partial charge < -0.3 is 83.8 Å². The van der Waals surface area contributed by atoms with Crippen molar-refractivity contribution in [2.45, 2.75) is 298 Å². The Morgan fingerprint density at radius 2 is 0.907 bits per heavy atom. The molecule has 10 rings (SSSR count). The van der Waals surface area contributed by atoms with Crippen LogP contribution in [0.5, 0.6) is 0 Å². The zero-order valence-corrected chi connectivity index (χ0v) is 72.8. The monoisotopic (exact) mass is 1870 g/mol. The maximum Gasteiger partial charge on any atom is 2.00 e. The second-order valence-electron chi connectivity index (χ2n) is 35.1. The fourth-order valence-corrected chi connectivity index (χ4v) is 22.0. The minimum atomic E-state index is -1.41. The van der Waals surface area contributed by atoms with Crippen LogP contribution in [0.4, 0.5) is 0 Å². The summed E-state index contributed by atoms with van der Waals surface area (Å²) >= 11 is 0. The first-order valence-electron chi connectivity index (χ1n) is 40.2. The molecule has 8 fully saturated rings. The van der Waals surface area contributed by atoms with E-state index in [-0.39, 0.29) is 164 Å². The summed E-state index contributed by atoms with van der Waals surface area (Å²) in [6.07, 6.45) is 42.7. The van der Waals surface area contributed by atoms with Crippen LogP contribution in [-0.2, 0) is 85.2 Å². The number of carboxylic acid groups (broad SMARTS) is 3. The van der Waals surface area contributed by atoms with Crippen LogP contribution < -0.4 is 58.6 Å². The number of carbonyl (C=O) groups excluding carboxylic acids is 6. The number of aliphatic carboxylic acids is 3. The number of nitrogens with zero attached hydrogens (tertiary/aromatic N) is 2. The number of hydrogen-bond acceptors (Lipinski definition) is 13. The summed E-state index contributed by atoms with van der Waals surface area (Å²) < 4.78 is 12.4. The molecule has 0 aromatic rings. The summed E-state index contributed by atoms with van der Waals surface area (Å²) in [6.45, 7) is 24.6. The third kappa shape index (κ3) is 30.8. The zero-order chi connectivity index (χ0) is 75.1. The van der Waals surface area contributed by atoms with Crippen LogP contribution >= 0.6 is 0 Å². The van der Waals surface area contributed by atoms with Gasteiger partial charge in [-0.1, -0.05) is 182 Å². The summed E-state index contributed by atoms with van der Waals surface area (Å²) in [5.74, 6) is 5.55. The normalized spacial score (nSPS) is 32.9. The Bertz CT molecular complexity index is 2700. The molecule has 2 amide bonds. The van der Waals surface area contributed by atoms with Gasteiger partial charge in [-0.15, -0.1) is 0 Å². The molecule has 11 N–H and O–H groups in total. The van der Waals surface area contributed by atoms with Crippen molar-refractivity contribution in [3.63, 3.8) is 0 Å². The Kier molecular flexibility index (Phi) is 50.7. The molecule has 0 aromatic heterocycles. The molecule has 22 nitrogen and oxygen atoms in total. The van der Waals surface area contributed by atoms with Crippen LogP contribution in [0.1, 0.15) is 262 Å². The second kappa shape index (κ2) is 51.5. The quantitative estimate of drug-likeness (QED) is 0.0321. The van der Waals surface area contributed by atoms with Gasteiger partial charge in [0, 0.05) is 47.2 Å². The fraction of sp³-hybridized carbons (Fsp3) is 0.866. The first-order valence-corrected chi connectivity index (χ1v) is 40.2. The van der Waals surface area contributed by atoms with Crippen molar-refractivity contribution in [2.75, 3.05) is 59.0 Å². The molecule has 26 heteroatoms. The largest absolute Gasteiger partial charge is 2.00 e. The average molecular weight is 1870 g/mol. The molecule has 8 saturated carbocycles. The van der Waals surface area contributed by atoms with Gasteiger partial charge in [0.2, 0.25) is 11.8 Å². The molecule has 0 unspecified atom stereocenters. The molecule has 0 radical (unpaired) electrons. The molecular formula is C82H141Li2N8O14Pt2-3. The minimum Gasteiger partial charge on any atom is -0.676 e. The Hall–Kier alpha value is -1.62. The molecule has 0 saturated heterocycles. The van der Waals surface area contributed by atoms with Gasteiger partial charge >= 0.3 is 70.9 Å². The van der Waals surface area contributed by atoms with E-state index in [1.807, 2.05) is 0 Å². The first-order chi connectivity index (χ1) is 48.3. The van der Waals surface area contributed by atoms with Gasteiger partial charge in [0.1, 0.15) is 0 Å². The Morgan fingerprint density at radius 3 is 1.24 bits per heavy atom. The van der Waals surface area contributed by atoms with Gasteiger partial charge in [0.05, 0.1) is 57.0 Å². The molecule has 0 spiro atoms. The number of carbonyl (C=O) groups is 5. The number of ether oxygens (including phenoxy) is 2. The summed E-state index contributed by atoms with van der Waals surface area (Å²) in [5.41, 5.74) is 34.0. The molecular weight excluding hydrogens is 1720 g/mol. The number of carboxylic acids is 3. The number of nitrogens with one attached hydrogen (secondary N) is 6. The Balaban J connectivity index is 0.00000163. The predicted octanol–water partition coefficient (Wildman–Crippen LogP) is 6.61. The molecule has 20 atom stereocenters. The third-order valence-corrected chi connectivity index (χ3v) is 27.4. The van der Waals surface area contributed by atoms with Gasteiger partial charge in [-0.2, -0.15) is 33.8 Å². The number of rotatable bonds is 28. The van der Waals surface area contributed by atoms with Gasteiger partial charge in [-0.3, -0.25) is 26.3 Å². The van der Waals surface area contributed by atoms with Crippen LogP contribution in [-0.4, -0.2) is 157 Å². The Labute approximate surface area is 703 Å². The maximum absolute atomic E-state index is 12.2. The number of fused-ring (bicyclic) bond motifs is 10. The van der Waals surface area contributed by atoms with Crippen molar-refractivity contribution < 1.29 is 149 Å². The standard InChI is InChI=1S/C35H58N2O6.C34H57N2O4.2C6H12N2.CO2.2Li.2H2O.2Pt/c1-23(2)7-6-8-24(3)28-11-12-29-27-10-9-25-19-26(13-15-34(25,4)30(27)14-16-35(28,29)5)43-18-17-36-31(38)20-37(21-32(39)40)22-33(41)42;1-23(2)8-7-9-24(3)28-12-13-29-27-11-10-25-20-26(14-16-33(25,4)30(27)15-17-34(28,29)5)40-19-18-35-31(37)21-36(6)22-32(38)39;2*7-5-3-1-2-4-6(5)8;2-1-3;;;;;;/h9,23-24,26-30H,6-8,10-22H2,1-5H3,(H,36,38)(H,39,40)(H,41,42);10,23-24,26-30H,6-9,11-22H2,1-5H3,(H,35,37)(H,38,39);2*5-8H,1-4H2;;;;2*1H2;;/q;-1;2*-2;;2*+1;;;;+2/p-2/t24-,26+,27+,28-,29+,30+,34+,35-;24-,26+,27+,28-,29+,30+,33+,34-;2*5-,6-;;;;;;;/m1111......./s1.